The van der Waals surface area contributed by atoms with Crippen LogP contribution in [0.5, 0.6) is 0 Å². The van der Waals surface area contributed by atoms with Crippen LogP contribution in [0.1, 0.15) is 12.0 Å². The molecule has 2 aromatic carbocycles. The second kappa shape index (κ2) is 7.00. The predicted octanol–water partition coefficient (Wildman–Crippen LogP) is 4.32. The van der Waals surface area contributed by atoms with Gasteiger partial charge in [0.25, 0.3) is 0 Å². The van der Waals surface area contributed by atoms with E-state index in [9.17, 15) is 13.7 Å². The molecule has 1 amide bonds. The van der Waals surface area contributed by atoms with Crippen LogP contribution in [0.4, 0.5) is 13.9 Å². The van der Waals surface area contributed by atoms with E-state index in [2.05, 4.69) is 20.5 Å². The molecule has 1 fully saturated rings. The molecule has 0 saturated heterocycles. The highest BCUT2D eigenvalue weighted by molar-refractivity contribution is 7.91. The molecule has 0 aliphatic heterocycles. The summed E-state index contributed by atoms with van der Waals surface area (Å²) < 4.78 is 41.0. The van der Waals surface area contributed by atoms with Gasteiger partial charge in [0.05, 0.1) is 22.3 Å². The van der Waals surface area contributed by atoms with Crippen molar-refractivity contribution in [3.63, 3.8) is 0 Å². The number of carbonyl (C=O) groups excluding carboxylic acids is 1. The number of H-pyrrole nitrogens is 1. The number of thiazole rings is 1. The first-order chi connectivity index (χ1) is 14.3. The number of aromatic amines is 1. The van der Waals surface area contributed by atoms with Gasteiger partial charge in [-0.25, -0.2) is 13.8 Å². The Labute approximate surface area is 176 Å². The maximum Gasteiger partial charge on any atom is 0.232 e. The summed E-state index contributed by atoms with van der Waals surface area (Å²) in [5, 5.41) is 10.5. The van der Waals surface area contributed by atoms with E-state index in [1.54, 1.807) is 19.2 Å². The SMILES string of the molecule is Cc1c(F)c([S+](C)[O-])c2[nH]ncc2c1-c1ccc2nc(NC(=O)[C@@H]3C[C@@H]3F)sc2c1. The summed E-state index contributed by atoms with van der Waals surface area (Å²) in [6, 6.07) is 5.48. The zero-order chi connectivity index (χ0) is 21.2. The van der Waals surface area contributed by atoms with Crippen LogP contribution in [0.3, 0.4) is 0 Å². The Kier molecular flexibility index (Phi) is 4.53. The van der Waals surface area contributed by atoms with Crippen LogP contribution < -0.4 is 5.32 Å². The van der Waals surface area contributed by atoms with Crippen molar-refractivity contribution in [2.24, 2.45) is 5.92 Å². The standard InChI is InChI=1S/C20H16F2N4O2S2/c1-8-15(11-7-23-26-17(11)18(16(8)22)30(2)28)9-3-4-13-14(5-9)29-20(24-13)25-19(27)10-6-12(10)21/h3-5,7,10,12H,6H2,1-2H3,(H,23,26)(H,24,25,27)/t10-,12+,30?/m1/s1. The van der Waals surface area contributed by atoms with Gasteiger partial charge in [-0.05, 0) is 53.3 Å². The van der Waals surface area contributed by atoms with Gasteiger partial charge in [0.1, 0.15) is 17.9 Å². The number of nitrogens with one attached hydrogen (secondary N) is 2. The summed E-state index contributed by atoms with van der Waals surface area (Å²) in [6.45, 7) is 1.65. The molecular formula is C20H16F2N4O2S2. The first-order valence-electron chi connectivity index (χ1n) is 9.19. The number of amides is 1. The molecule has 2 N–H and O–H groups in total. The number of halogens is 2. The number of anilines is 1. The van der Waals surface area contributed by atoms with Crippen LogP contribution in [-0.4, -0.2) is 38.1 Å². The zero-order valence-corrected chi connectivity index (χ0v) is 17.6. The summed E-state index contributed by atoms with van der Waals surface area (Å²) >= 11 is -0.241. The van der Waals surface area contributed by atoms with Crippen molar-refractivity contribution in [1.82, 2.24) is 15.2 Å². The van der Waals surface area contributed by atoms with Crippen molar-refractivity contribution >= 4 is 54.7 Å². The lowest BCUT2D eigenvalue weighted by molar-refractivity contribution is -0.117. The van der Waals surface area contributed by atoms with Gasteiger partial charge in [0.2, 0.25) is 10.8 Å². The van der Waals surface area contributed by atoms with Gasteiger partial charge in [-0.15, -0.1) is 0 Å². The molecule has 1 aliphatic rings. The van der Waals surface area contributed by atoms with Crippen molar-refractivity contribution < 1.29 is 18.1 Å². The average Bonchev–Trinajstić information content (AvgIpc) is 3.08. The summed E-state index contributed by atoms with van der Waals surface area (Å²) in [7, 11) is 0. The zero-order valence-electron chi connectivity index (χ0n) is 16.0. The van der Waals surface area contributed by atoms with Crippen molar-refractivity contribution in [2.45, 2.75) is 24.4 Å². The van der Waals surface area contributed by atoms with E-state index in [1.165, 1.54) is 17.6 Å². The van der Waals surface area contributed by atoms with Crippen LogP contribution in [0, 0.1) is 18.7 Å². The lowest BCUT2D eigenvalue weighted by Crippen LogP contribution is -2.14. The molecule has 2 heterocycles. The molecular weight excluding hydrogens is 430 g/mol. The molecule has 0 radical (unpaired) electrons. The van der Waals surface area contributed by atoms with Gasteiger partial charge >= 0.3 is 0 Å². The van der Waals surface area contributed by atoms with Crippen LogP contribution in [0.15, 0.2) is 29.3 Å². The molecule has 1 aliphatic carbocycles. The molecule has 2 aromatic heterocycles. The second-order valence-corrected chi connectivity index (χ2v) is 9.65. The Morgan fingerprint density at radius 3 is 2.90 bits per heavy atom. The summed E-state index contributed by atoms with van der Waals surface area (Å²) in [4.78, 5) is 16.5. The van der Waals surface area contributed by atoms with E-state index in [-0.39, 0.29) is 17.2 Å². The summed E-state index contributed by atoms with van der Waals surface area (Å²) in [5.41, 5.74) is 2.89. The molecule has 30 heavy (non-hydrogen) atoms. The number of aromatic nitrogens is 3. The summed E-state index contributed by atoms with van der Waals surface area (Å²) in [5.74, 6) is -1.47. The van der Waals surface area contributed by atoms with E-state index in [0.717, 1.165) is 10.3 Å². The normalized spacial score (nSPS) is 19.4. The first kappa shape index (κ1) is 19.4. The van der Waals surface area contributed by atoms with Gasteiger partial charge < -0.3 is 9.87 Å². The second-order valence-electron chi connectivity index (χ2n) is 7.30. The highest BCUT2D eigenvalue weighted by Crippen LogP contribution is 2.40. The minimum absolute atomic E-state index is 0.110. The van der Waals surface area contributed by atoms with E-state index < -0.39 is 29.1 Å². The fourth-order valence-electron chi connectivity index (χ4n) is 3.65. The molecule has 10 heteroatoms. The molecule has 1 saturated carbocycles. The maximum absolute atomic E-state index is 15.1. The van der Waals surface area contributed by atoms with Gasteiger partial charge in [-0.3, -0.25) is 9.89 Å². The Morgan fingerprint density at radius 2 is 2.20 bits per heavy atom. The number of nitrogens with zero attached hydrogens (tertiary/aromatic N) is 2. The fraction of sp³-hybridized carbons (Fsp3) is 0.250. The number of fused-ring (bicyclic) bond motifs is 2. The topological polar surface area (TPSA) is 93.7 Å². The molecule has 0 spiro atoms. The van der Waals surface area contributed by atoms with Gasteiger partial charge in [0, 0.05) is 5.39 Å². The number of alkyl halides is 1. The highest BCUT2D eigenvalue weighted by Gasteiger charge is 2.43. The third-order valence-electron chi connectivity index (χ3n) is 5.28. The molecule has 5 rings (SSSR count). The highest BCUT2D eigenvalue weighted by atomic mass is 32.2. The number of benzene rings is 2. The lowest BCUT2D eigenvalue weighted by Gasteiger charge is -2.13. The van der Waals surface area contributed by atoms with Crippen molar-refractivity contribution in [2.75, 3.05) is 11.6 Å². The van der Waals surface area contributed by atoms with Crippen molar-refractivity contribution in [3.8, 4) is 11.1 Å². The quantitative estimate of drug-likeness (QED) is 0.457. The van der Waals surface area contributed by atoms with E-state index in [4.69, 9.17) is 0 Å². The minimum Gasteiger partial charge on any atom is -0.612 e. The Morgan fingerprint density at radius 1 is 1.43 bits per heavy atom. The third-order valence-corrected chi connectivity index (χ3v) is 7.18. The Hall–Kier alpha value is -2.56. The molecule has 0 bridgehead atoms. The molecule has 154 valence electrons. The fourth-order valence-corrected chi connectivity index (χ4v) is 5.41. The molecule has 6 nitrogen and oxygen atoms in total. The number of hydrogen-bond donors (Lipinski definition) is 2. The predicted molar refractivity (Wildman–Crippen MR) is 113 cm³/mol. The van der Waals surface area contributed by atoms with Crippen LogP contribution in [-0.2, 0) is 16.0 Å². The van der Waals surface area contributed by atoms with Gasteiger partial charge in [-0.2, -0.15) is 5.10 Å². The number of carbonyl (C=O) groups is 1. The van der Waals surface area contributed by atoms with E-state index in [0.29, 0.717) is 32.7 Å². The first-order valence-corrected chi connectivity index (χ1v) is 11.6. The summed E-state index contributed by atoms with van der Waals surface area (Å²) in [6.07, 6.45) is 2.22. The van der Waals surface area contributed by atoms with Crippen molar-refractivity contribution in [3.05, 3.63) is 35.8 Å². The number of rotatable bonds is 4. The van der Waals surface area contributed by atoms with E-state index in [1.807, 2.05) is 12.1 Å². The number of hydrogen-bond acceptors (Lipinski definition) is 5. The largest absolute Gasteiger partial charge is 0.612 e. The smallest absolute Gasteiger partial charge is 0.232 e. The van der Waals surface area contributed by atoms with Crippen molar-refractivity contribution in [1.29, 1.82) is 0 Å². The van der Waals surface area contributed by atoms with E-state index >= 15 is 4.39 Å². The van der Waals surface area contributed by atoms with Crippen LogP contribution in [0.2, 0.25) is 0 Å². The monoisotopic (exact) mass is 446 g/mol. The minimum atomic E-state index is -1.52. The van der Waals surface area contributed by atoms with Gasteiger partial charge in [0.15, 0.2) is 10.9 Å². The Bertz CT molecular complexity index is 1320. The molecule has 1 unspecified atom stereocenters. The third kappa shape index (κ3) is 3.06. The molecule has 3 atom stereocenters. The van der Waals surface area contributed by atoms with Gasteiger partial charge in [-0.1, -0.05) is 17.4 Å². The average molecular weight is 447 g/mol. The molecule has 4 aromatic rings. The Balaban J connectivity index is 1.59. The van der Waals surface area contributed by atoms with Crippen LogP contribution in [0.25, 0.3) is 32.2 Å². The van der Waals surface area contributed by atoms with Crippen LogP contribution >= 0.6 is 11.3 Å². The lowest BCUT2D eigenvalue weighted by atomic mass is 9.96. The maximum atomic E-state index is 15.1.